The van der Waals surface area contributed by atoms with Gasteiger partial charge in [-0.2, -0.15) is 0 Å². The maximum absolute atomic E-state index is 3.24. The molecule has 0 aliphatic heterocycles. The maximum Gasteiger partial charge on any atom is -0.00992 e. The van der Waals surface area contributed by atoms with E-state index in [9.17, 15) is 0 Å². The zero-order valence-corrected chi connectivity index (χ0v) is 10.0. The molecule has 3 aromatic rings. The molecule has 0 atom stereocenters. The van der Waals surface area contributed by atoms with E-state index in [0.717, 1.165) is 5.56 Å². The molecular weight excluding hydrogens is 216 g/mol. The molecule has 0 spiro atoms. The van der Waals surface area contributed by atoms with Crippen molar-refractivity contribution in [3.05, 3.63) is 84.9 Å². The summed E-state index contributed by atoms with van der Waals surface area (Å²) in [6, 6.07) is 30.3. The molecule has 0 aliphatic carbocycles. The predicted molar refractivity (Wildman–Crippen MR) is 76.2 cm³/mol. The molecule has 0 saturated heterocycles. The van der Waals surface area contributed by atoms with Crippen molar-refractivity contribution in [1.82, 2.24) is 0 Å². The highest BCUT2D eigenvalue weighted by Gasteiger charge is 1.99. The second-order valence-corrected chi connectivity index (χ2v) is 4.22. The Labute approximate surface area is 108 Å². The summed E-state index contributed by atoms with van der Waals surface area (Å²) in [4.78, 5) is 0. The van der Waals surface area contributed by atoms with Gasteiger partial charge in [-0.15, -0.1) is 0 Å². The molecule has 0 unspecified atom stereocenters. The number of rotatable bonds is 2. The molecule has 0 fully saturated rings. The molecule has 0 nitrogen and oxygen atoms in total. The maximum atomic E-state index is 3.24. The van der Waals surface area contributed by atoms with E-state index < -0.39 is 0 Å². The first-order valence-electron chi connectivity index (χ1n) is 6.06. The average molecular weight is 229 g/mol. The van der Waals surface area contributed by atoms with Crippen LogP contribution in [0.5, 0.6) is 0 Å². The van der Waals surface area contributed by atoms with Crippen molar-refractivity contribution >= 4 is 0 Å². The van der Waals surface area contributed by atoms with E-state index in [4.69, 9.17) is 0 Å². The molecule has 1 radical (unpaired) electrons. The molecule has 0 aliphatic rings. The summed E-state index contributed by atoms with van der Waals surface area (Å²) in [6.07, 6.45) is 0. The van der Waals surface area contributed by atoms with Crippen LogP contribution >= 0.6 is 0 Å². The zero-order chi connectivity index (χ0) is 12.2. The molecule has 0 saturated carbocycles. The van der Waals surface area contributed by atoms with Gasteiger partial charge >= 0.3 is 0 Å². The lowest BCUT2D eigenvalue weighted by Gasteiger charge is -2.04. The van der Waals surface area contributed by atoms with Gasteiger partial charge in [0, 0.05) is 0 Å². The Morgan fingerprint density at radius 2 is 1.11 bits per heavy atom. The lowest BCUT2D eigenvalue weighted by atomic mass is 10.0. The van der Waals surface area contributed by atoms with E-state index in [1.165, 1.54) is 16.7 Å². The minimum Gasteiger partial charge on any atom is -0.0622 e. The summed E-state index contributed by atoms with van der Waals surface area (Å²) in [5.74, 6) is 0. The molecule has 0 amide bonds. The Balaban J connectivity index is 1.95. The van der Waals surface area contributed by atoms with Crippen molar-refractivity contribution in [1.29, 1.82) is 0 Å². The molecule has 3 aromatic carbocycles. The number of hydrogen-bond acceptors (Lipinski definition) is 0. The highest BCUT2D eigenvalue weighted by Crippen LogP contribution is 2.24. The third-order valence-corrected chi connectivity index (χ3v) is 3.01. The van der Waals surface area contributed by atoms with Gasteiger partial charge in [0.25, 0.3) is 0 Å². The van der Waals surface area contributed by atoms with Crippen LogP contribution in [0.25, 0.3) is 22.3 Å². The van der Waals surface area contributed by atoms with Crippen LogP contribution in [0.1, 0.15) is 0 Å². The summed E-state index contributed by atoms with van der Waals surface area (Å²) >= 11 is 0. The third-order valence-electron chi connectivity index (χ3n) is 3.01. The first kappa shape index (κ1) is 10.8. The van der Waals surface area contributed by atoms with E-state index in [-0.39, 0.29) is 0 Å². The van der Waals surface area contributed by atoms with Crippen LogP contribution in [0.3, 0.4) is 0 Å². The van der Waals surface area contributed by atoms with Crippen molar-refractivity contribution in [2.75, 3.05) is 0 Å². The van der Waals surface area contributed by atoms with Crippen molar-refractivity contribution in [3.8, 4) is 22.3 Å². The largest absolute Gasteiger partial charge is 0.0622 e. The van der Waals surface area contributed by atoms with E-state index in [0.29, 0.717) is 0 Å². The smallest absolute Gasteiger partial charge is 0.00992 e. The molecule has 0 aromatic heterocycles. The van der Waals surface area contributed by atoms with Gasteiger partial charge in [0.2, 0.25) is 0 Å². The summed E-state index contributed by atoms with van der Waals surface area (Å²) < 4.78 is 0. The van der Waals surface area contributed by atoms with Gasteiger partial charge in [0.05, 0.1) is 0 Å². The fourth-order valence-electron chi connectivity index (χ4n) is 2.05. The lowest BCUT2D eigenvalue weighted by molar-refractivity contribution is 1.58. The van der Waals surface area contributed by atoms with Crippen molar-refractivity contribution < 1.29 is 0 Å². The Kier molecular flexibility index (Phi) is 2.93. The second-order valence-electron chi connectivity index (χ2n) is 4.22. The lowest BCUT2D eigenvalue weighted by Crippen LogP contribution is -1.79. The van der Waals surface area contributed by atoms with Gasteiger partial charge < -0.3 is 0 Å². The van der Waals surface area contributed by atoms with Gasteiger partial charge in [0.15, 0.2) is 0 Å². The molecule has 0 heteroatoms. The SMILES string of the molecule is [c]1ccccc1-c1ccc(-c2ccccc2)cc1. The van der Waals surface area contributed by atoms with E-state index in [1.807, 2.05) is 24.3 Å². The van der Waals surface area contributed by atoms with Gasteiger partial charge in [-0.05, 0) is 28.3 Å². The van der Waals surface area contributed by atoms with Crippen molar-refractivity contribution in [2.45, 2.75) is 0 Å². The van der Waals surface area contributed by atoms with Crippen LogP contribution in [0.2, 0.25) is 0 Å². The highest BCUT2D eigenvalue weighted by molar-refractivity contribution is 5.69. The van der Waals surface area contributed by atoms with Crippen LogP contribution in [-0.2, 0) is 0 Å². The molecule has 0 heterocycles. The molecule has 18 heavy (non-hydrogen) atoms. The second kappa shape index (κ2) is 4.89. The summed E-state index contributed by atoms with van der Waals surface area (Å²) in [7, 11) is 0. The summed E-state index contributed by atoms with van der Waals surface area (Å²) in [6.45, 7) is 0. The Morgan fingerprint density at radius 1 is 0.500 bits per heavy atom. The van der Waals surface area contributed by atoms with Crippen molar-refractivity contribution in [3.63, 3.8) is 0 Å². The van der Waals surface area contributed by atoms with Crippen LogP contribution in [0.15, 0.2) is 78.9 Å². The quantitative estimate of drug-likeness (QED) is 0.591. The Hall–Kier alpha value is -2.34. The summed E-state index contributed by atoms with van der Waals surface area (Å²) in [5.41, 5.74) is 4.84. The standard InChI is InChI=1S/C18H13/c1-3-7-15(8-4-1)17-11-13-18(14-12-17)16-9-5-2-6-10-16/h1-9,11-14H. The average Bonchev–Trinajstić information content (AvgIpc) is 2.49. The molecule has 85 valence electrons. The van der Waals surface area contributed by atoms with Gasteiger partial charge in [0.1, 0.15) is 0 Å². The predicted octanol–water partition coefficient (Wildman–Crippen LogP) is 4.82. The minimum atomic E-state index is 1.14. The van der Waals surface area contributed by atoms with Gasteiger partial charge in [-0.25, -0.2) is 0 Å². The molecule has 0 N–H and O–H groups in total. The van der Waals surface area contributed by atoms with E-state index in [1.54, 1.807) is 0 Å². The van der Waals surface area contributed by atoms with E-state index >= 15 is 0 Å². The fraction of sp³-hybridized carbons (Fsp3) is 0. The zero-order valence-electron chi connectivity index (χ0n) is 10.0. The number of benzene rings is 3. The van der Waals surface area contributed by atoms with Crippen molar-refractivity contribution in [2.24, 2.45) is 0 Å². The topological polar surface area (TPSA) is 0 Å². The molecule has 0 bridgehead atoms. The Morgan fingerprint density at radius 3 is 1.78 bits per heavy atom. The third kappa shape index (κ3) is 2.18. The molecule has 3 rings (SSSR count). The van der Waals surface area contributed by atoms with Crippen LogP contribution in [0.4, 0.5) is 0 Å². The Bertz CT molecular complexity index is 549. The first-order chi connectivity index (χ1) is 8.93. The first-order valence-corrected chi connectivity index (χ1v) is 6.06. The normalized spacial score (nSPS) is 10.2. The van der Waals surface area contributed by atoms with E-state index in [2.05, 4.69) is 60.7 Å². The van der Waals surface area contributed by atoms with Crippen LogP contribution in [-0.4, -0.2) is 0 Å². The monoisotopic (exact) mass is 229 g/mol. The molecular formula is C18H13. The fourth-order valence-corrected chi connectivity index (χ4v) is 2.05. The van der Waals surface area contributed by atoms with Gasteiger partial charge in [-0.3, -0.25) is 0 Å². The number of hydrogen-bond donors (Lipinski definition) is 0. The minimum absolute atomic E-state index is 1.14. The van der Waals surface area contributed by atoms with Crippen LogP contribution in [0, 0.1) is 6.07 Å². The highest BCUT2D eigenvalue weighted by atomic mass is 14.0. The van der Waals surface area contributed by atoms with Crippen LogP contribution < -0.4 is 0 Å². The van der Waals surface area contributed by atoms with Gasteiger partial charge in [-0.1, -0.05) is 78.9 Å². The summed E-state index contributed by atoms with van der Waals surface area (Å²) in [5, 5.41) is 0.